The second-order valence-electron chi connectivity index (χ2n) is 4.35. The number of rotatable bonds is 5. The Morgan fingerprint density at radius 3 is 2.30 bits per heavy atom. The predicted octanol–water partition coefficient (Wildman–Crippen LogP) is 1.26. The maximum atomic E-state index is 11.9. The van der Waals surface area contributed by atoms with Crippen molar-refractivity contribution in [1.82, 2.24) is 4.90 Å². The third-order valence-electron chi connectivity index (χ3n) is 2.77. The Labute approximate surface area is 117 Å². The molecule has 2 N–H and O–H groups in total. The minimum Gasteiger partial charge on any atom is -0.481 e. The summed E-state index contributed by atoms with van der Waals surface area (Å²) in [6.07, 6.45) is -0.183. The number of benzene rings is 1. The van der Waals surface area contributed by atoms with E-state index in [1.807, 2.05) is 19.1 Å². The number of amides is 2. The van der Waals surface area contributed by atoms with E-state index in [9.17, 15) is 14.4 Å². The highest BCUT2D eigenvalue weighted by atomic mass is 16.4. The molecule has 0 aromatic heterocycles. The second-order valence-corrected chi connectivity index (χ2v) is 4.35. The SMILES string of the molecule is CCN(CCC(=O)O)C(=O)C(=O)Nc1ccc(C)cc1. The Hall–Kier alpha value is -2.37. The van der Waals surface area contributed by atoms with Gasteiger partial charge in [-0.1, -0.05) is 17.7 Å². The molecule has 0 fully saturated rings. The number of nitrogens with zero attached hydrogens (tertiary/aromatic N) is 1. The van der Waals surface area contributed by atoms with Crippen LogP contribution in [0.4, 0.5) is 5.69 Å². The van der Waals surface area contributed by atoms with Crippen molar-refractivity contribution in [2.24, 2.45) is 0 Å². The number of carbonyl (C=O) groups is 3. The molecule has 6 nitrogen and oxygen atoms in total. The molecule has 108 valence electrons. The van der Waals surface area contributed by atoms with E-state index in [1.165, 1.54) is 4.90 Å². The van der Waals surface area contributed by atoms with Crippen molar-refractivity contribution in [3.05, 3.63) is 29.8 Å². The molecule has 0 spiro atoms. The normalized spacial score (nSPS) is 9.90. The van der Waals surface area contributed by atoms with Crippen molar-refractivity contribution in [2.45, 2.75) is 20.3 Å². The van der Waals surface area contributed by atoms with Crippen LogP contribution in [0.1, 0.15) is 18.9 Å². The van der Waals surface area contributed by atoms with E-state index in [1.54, 1.807) is 19.1 Å². The number of aliphatic carboxylic acids is 1. The molecular weight excluding hydrogens is 260 g/mol. The van der Waals surface area contributed by atoms with Crippen molar-refractivity contribution in [2.75, 3.05) is 18.4 Å². The highest BCUT2D eigenvalue weighted by molar-refractivity contribution is 6.39. The van der Waals surface area contributed by atoms with Crippen LogP contribution in [-0.2, 0) is 14.4 Å². The summed E-state index contributed by atoms with van der Waals surface area (Å²) in [5.74, 6) is -2.49. The van der Waals surface area contributed by atoms with Crippen LogP contribution in [-0.4, -0.2) is 40.9 Å². The number of carboxylic acids is 1. The second kappa shape index (κ2) is 7.28. The fraction of sp³-hybridized carbons (Fsp3) is 0.357. The number of likely N-dealkylation sites (N-methyl/N-ethyl adjacent to an activating group) is 1. The Bertz CT molecular complexity index is 496. The molecule has 1 rings (SSSR count). The summed E-state index contributed by atoms with van der Waals surface area (Å²) >= 11 is 0. The summed E-state index contributed by atoms with van der Waals surface area (Å²) in [4.78, 5) is 35.4. The van der Waals surface area contributed by atoms with Crippen molar-refractivity contribution >= 4 is 23.5 Å². The van der Waals surface area contributed by atoms with E-state index < -0.39 is 17.8 Å². The third-order valence-corrected chi connectivity index (χ3v) is 2.77. The molecular formula is C14H18N2O4. The first-order chi connectivity index (χ1) is 9.43. The highest BCUT2D eigenvalue weighted by Gasteiger charge is 2.21. The average molecular weight is 278 g/mol. The number of carboxylic acid groups (broad SMARTS) is 1. The van der Waals surface area contributed by atoms with E-state index in [0.717, 1.165) is 5.56 Å². The first kappa shape index (κ1) is 15.7. The van der Waals surface area contributed by atoms with Crippen LogP contribution in [0.5, 0.6) is 0 Å². The van der Waals surface area contributed by atoms with Crippen molar-refractivity contribution < 1.29 is 19.5 Å². The van der Waals surface area contributed by atoms with Crippen molar-refractivity contribution in [1.29, 1.82) is 0 Å². The average Bonchev–Trinajstić information content (AvgIpc) is 2.41. The molecule has 0 aliphatic carbocycles. The molecule has 0 saturated carbocycles. The molecule has 20 heavy (non-hydrogen) atoms. The molecule has 0 radical (unpaired) electrons. The van der Waals surface area contributed by atoms with Gasteiger partial charge in [0.05, 0.1) is 6.42 Å². The van der Waals surface area contributed by atoms with Crippen LogP contribution < -0.4 is 5.32 Å². The van der Waals surface area contributed by atoms with Gasteiger partial charge in [0.25, 0.3) is 0 Å². The minimum atomic E-state index is -1.00. The van der Waals surface area contributed by atoms with Gasteiger partial charge in [0, 0.05) is 18.8 Å². The van der Waals surface area contributed by atoms with Gasteiger partial charge in [0.1, 0.15) is 0 Å². The van der Waals surface area contributed by atoms with Gasteiger partial charge in [0.2, 0.25) is 0 Å². The van der Waals surface area contributed by atoms with E-state index in [2.05, 4.69) is 5.32 Å². The lowest BCUT2D eigenvalue weighted by Crippen LogP contribution is -2.40. The zero-order chi connectivity index (χ0) is 15.1. The maximum absolute atomic E-state index is 11.9. The number of aryl methyl sites for hydroxylation is 1. The monoisotopic (exact) mass is 278 g/mol. The van der Waals surface area contributed by atoms with Crippen LogP contribution in [0, 0.1) is 6.92 Å². The Morgan fingerprint density at radius 1 is 1.20 bits per heavy atom. The van der Waals surface area contributed by atoms with Crippen molar-refractivity contribution in [3.8, 4) is 0 Å². The van der Waals surface area contributed by atoms with Crippen LogP contribution in [0.15, 0.2) is 24.3 Å². The molecule has 0 bridgehead atoms. The molecule has 1 aromatic rings. The lowest BCUT2D eigenvalue weighted by Gasteiger charge is -2.19. The molecule has 1 aromatic carbocycles. The van der Waals surface area contributed by atoms with Crippen LogP contribution in [0.25, 0.3) is 0 Å². The van der Waals surface area contributed by atoms with Gasteiger partial charge in [-0.25, -0.2) is 0 Å². The fourth-order valence-electron chi connectivity index (χ4n) is 1.60. The highest BCUT2D eigenvalue weighted by Crippen LogP contribution is 2.08. The third kappa shape index (κ3) is 4.72. The molecule has 0 saturated heterocycles. The molecule has 0 heterocycles. The topological polar surface area (TPSA) is 86.7 Å². The van der Waals surface area contributed by atoms with E-state index in [0.29, 0.717) is 5.69 Å². The number of hydrogen-bond acceptors (Lipinski definition) is 3. The summed E-state index contributed by atoms with van der Waals surface area (Å²) in [5.41, 5.74) is 1.58. The zero-order valence-corrected chi connectivity index (χ0v) is 11.5. The molecule has 0 aliphatic rings. The summed E-state index contributed by atoms with van der Waals surface area (Å²) in [6.45, 7) is 3.92. The van der Waals surface area contributed by atoms with Crippen LogP contribution in [0.3, 0.4) is 0 Å². The van der Waals surface area contributed by atoms with Crippen molar-refractivity contribution in [3.63, 3.8) is 0 Å². The van der Waals surface area contributed by atoms with E-state index in [-0.39, 0.29) is 19.5 Å². The lowest BCUT2D eigenvalue weighted by molar-refractivity contribution is -0.144. The van der Waals surface area contributed by atoms with Gasteiger partial charge in [0.15, 0.2) is 0 Å². The number of nitrogens with one attached hydrogen (secondary N) is 1. The van der Waals surface area contributed by atoms with Gasteiger partial charge in [-0.3, -0.25) is 14.4 Å². The molecule has 6 heteroatoms. The standard InChI is InChI=1S/C14H18N2O4/c1-3-16(9-8-12(17)18)14(20)13(19)15-11-6-4-10(2)5-7-11/h4-7H,3,8-9H2,1-2H3,(H,15,19)(H,17,18). The van der Waals surface area contributed by atoms with Gasteiger partial charge in [-0.2, -0.15) is 0 Å². The first-order valence-electron chi connectivity index (χ1n) is 6.32. The Kier molecular flexibility index (Phi) is 5.71. The molecule has 2 amide bonds. The molecule has 0 aliphatic heterocycles. The first-order valence-corrected chi connectivity index (χ1v) is 6.32. The Balaban J connectivity index is 2.62. The Morgan fingerprint density at radius 2 is 1.80 bits per heavy atom. The summed E-state index contributed by atoms with van der Waals surface area (Å²) in [7, 11) is 0. The molecule has 0 atom stereocenters. The lowest BCUT2D eigenvalue weighted by atomic mass is 10.2. The quantitative estimate of drug-likeness (QED) is 0.794. The van der Waals surface area contributed by atoms with E-state index >= 15 is 0 Å². The summed E-state index contributed by atoms with van der Waals surface area (Å²) in [6, 6.07) is 7.05. The van der Waals surface area contributed by atoms with Crippen LogP contribution >= 0.6 is 0 Å². The summed E-state index contributed by atoms with van der Waals surface area (Å²) < 4.78 is 0. The largest absolute Gasteiger partial charge is 0.481 e. The zero-order valence-electron chi connectivity index (χ0n) is 11.5. The van der Waals surface area contributed by atoms with E-state index in [4.69, 9.17) is 5.11 Å². The van der Waals surface area contributed by atoms with Gasteiger partial charge in [-0.15, -0.1) is 0 Å². The maximum Gasteiger partial charge on any atom is 0.313 e. The smallest absolute Gasteiger partial charge is 0.313 e. The minimum absolute atomic E-state index is 0.0198. The van der Waals surface area contributed by atoms with Gasteiger partial charge in [-0.05, 0) is 26.0 Å². The van der Waals surface area contributed by atoms with Crippen LogP contribution in [0.2, 0.25) is 0 Å². The predicted molar refractivity (Wildman–Crippen MR) is 74.3 cm³/mol. The number of anilines is 1. The van der Waals surface area contributed by atoms with Gasteiger partial charge >= 0.3 is 17.8 Å². The fourth-order valence-corrected chi connectivity index (χ4v) is 1.60. The number of carbonyl (C=O) groups excluding carboxylic acids is 2. The van der Waals surface area contributed by atoms with Gasteiger partial charge < -0.3 is 15.3 Å². The summed E-state index contributed by atoms with van der Waals surface area (Å²) in [5, 5.41) is 11.1. The number of hydrogen-bond donors (Lipinski definition) is 2. The molecule has 0 unspecified atom stereocenters.